The van der Waals surface area contributed by atoms with Gasteiger partial charge in [0, 0.05) is 17.9 Å². The van der Waals surface area contributed by atoms with Gasteiger partial charge in [-0.1, -0.05) is 40.2 Å². The Balaban J connectivity index is 1.41. The Labute approximate surface area is 255 Å². The van der Waals surface area contributed by atoms with Crippen LogP contribution in [0.25, 0.3) is 0 Å². The van der Waals surface area contributed by atoms with Crippen molar-refractivity contribution in [2.75, 3.05) is 6.54 Å². The van der Waals surface area contributed by atoms with E-state index in [4.69, 9.17) is 4.74 Å². The van der Waals surface area contributed by atoms with Crippen LogP contribution in [0.5, 0.6) is 0 Å². The maximum atomic E-state index is 14.3. The van der Waals surface area contributed by atoms with E-state index >= 15 is 0 Å². The fourth-order valence-electron chi connectivity index (χ4n) is 8.21. The molecule has 2 spiro atoms. The smallest absolute Gasteiger partial charge is 0.408 e. The largest absolute Gasteiger partial charge is 0.444 e. The molecule has 5 rings (SSSR count). The van der Waals surface area contributed by atoms with Gasteiger partial charge in [-0.3, -0.25) is 19.1 Å². The van der Waals surface area contributed by atoms with Crippen LogP contribution < -0.4 is 15.4 Å². The lowest BCUT2D eigenvalue weighted by Crippen LogP contribution is -2.59. The van der Waals surface area contributed by atoms with E-state index in [9.17, 15) is 27.6 Å². The van der Waals surface area contributed by atoms with Crippen molar-refractivity contribution < 1.29 is 32.3 Å². The van der Waals surface area contributed by atoms with Gasteiger partial charge in [0.2, 0.25) is 21.8 Å². The van der Waals surface area contributed by atoms with Gasteiger partial charge in [0.15, 0.2) is 0 Å². The van der Waals surface area contributed by atoms with Crippen molar-refractivity contribution in [1.82, 2.24) is 20.3 Å². The second-order valence-corrected chi connectivity index (χ2v) is 17.3. The number of alkyl carbamates (subject to hydrolysis) is 1. The van der Waals surface area contributed by atoms with Crippen LogP contribution >= 0.6 is 0 Å². The summed E-state index contributed by atoms with van der Waals surface area (Å²) in [4.78, 5) is 56.1. The number of likely N-dealkylation sites (tertiary alicyclic amines) is 1. The Morgan fingerprint density at radius 2 is 1.67 bits per heavy atom. The summed E-state index contributed by atoms with van der Waals surface area (Å²) in [6.07, 6.45) is 5.67. The van der Waals surface area contributed by atoms with Crippen molar-refractivity contribution >= 4 is 33.8 Å². The van der Waals surface area contributed by atoms with Gasteiger partial charge in [0.05, 0.1) is 5.25 Å². The number of carbonyl (C=O) groups is 4. The highest BCUT2D eigenvalue weighted by Gasteiger charge is 2.85. The zero-order chi connectivity index (χ0) is 32.0. The lowest BCUT2D eigenvalue weighted by Gasteiger charge is -2.33. The molecule has 12 heteroatoms. The molecule has 4 saturated carbocycles. The molecule has 0 aromatic rings. The molecule has 43 heavy (non-hydrogen) atoms. The third-order valence-electron chi connectivity index (χ3n) is 11.3. The average molecular weight is 621 g/mol. The highest BCUT2D eigenvalue weighted by Crippen LogP contribution is 2.88. The molecule has 240 valence electrons. The second-order valence-electron chi connectivity index (χ2n) is 15.4. The molecule has 0 bridgehead atoms. The summed E-state index contributed by atoms with van der Waals surface area (Å²) >= 11 is 0. The first-order valence-corrected chi connectivity index (χ1v) is 17.1. The minimum absolute atomic E-state index is 0.0378. The molecule has 1 saturated heterocycles. The third kappa shape index (κ3) is 4.95. The molecular weight excluding hydrogens is 572 g/mol. The van der Waals surface area contributed by atoms with Crippen molar-refractivity contribution in [3.05, 3.63) is 12.7 Å². The molecular formula is C31H48N4O7S. The Morgan fingerprint density at radius 1 is 1.05 bits per heavy atom. The molecule has 4 aliphatic carbocycles. The Kier molecular flexibility index (Phi) is 7.35. The van der Waals surface area contributed by atoms with E-state index in [-0.39, 0.29) is 34.5 Å². The lowest BCUT2D eigenvalue weighted by atomic mass is 9.73. The number of fused-ring (bicyclic) bond motifs is 1. The van der Waals surface area contributed by atoms with E-state index in [1.807, 2.05) is 13.8 Å². The molecule has 5 aliphatic rings. The fraction of sp³-hybridized carbons (Fsp3) is 0.806. The van der Waals surface area contributed by atoms with Crippen molar-refractivity contribution in [1.29, 1.82) is 0 Å². The van der Waals surface area contributed by atoms with E-state index in [0.29, 0.717) is 25.8 Å². The van der Waals surface area contributed by atoms with E-state index in [2.05, 4.69) is 35.8 Å². The molecule has 5 atom stereocenters. The summed E-state index contributed by atoms with van der Waals surface area (Å²) in [5.41, 5.74) is -2.51. The number of nitrogens with zero attached hydrogens (tertiary/aromatic N) is 1. The number of hydrogen-bond donors (Lipinski definition) is 3. The number of nitrogens with one attached hydrogen (secondary N) is 3. The van der Waals surface area contributed by atoms with Crippen LogP contribution in [0.3, 0.4) is 0 Å². The molecule has 5 fully saturated rings. The highest BCUT2D eigenvalue weighted by molar-refractivity contribution is 7.91. The average Bonchev–Trinajstić information content (AvgIpc) is 3.78. The number of ether oxygens (including phenoxy) is 1. The fourth-order valence-corrected chi connectivity index (χ4v) is 9.57. The zero-order valence-corrected chi connectivity index (χ0v) is 27.4. The normalized spacial score (nSPS) is 32.5. The van der Waals surface area contributed by atoms with Crippen LogP contribution in [0.15, 0.2) is 12.7 Å². The summed E-state index contributed by atoms with van der Waals surface area (Å²) in [6.45, 7) is 17.5. The third-order valence-corrected chi connectivity index (χ3v) is 13.1. The van der Waals surface area contributed by atoms with Crippen LogP contribution in [-0.4, -0.2) is 72.2 Å². The van der Waals surface area contributed by atoms with Gasteiger partial charge in [0.1, 0.15) is 23.2 Å². The summed E-state index contributed by atoms with van der Waals surface area (Å²) in [6, 6.07) is -1.81. The van der Waals surface area contributed by atoms with Crippen LogP contribution in [0.1, 0.15) is 93.4 Å². The quantitative estimate of drug-likeness (QED) is 0.335. The lowest BCUT2D eigenvalue weighted by molar-refractivity contribution is -0.141. The molecule has 1 heterocycles. The molecule has 4 amide bonds. The molecule has 3 N–H and O–H groups in total. The van der Waals surface area contributed by atoms with Gasteiger partial charge in [0.25, 0.3) is 5.91 Å². The maximum Gasteiger partial charge on any atom is 0.408 e. The highest BCUT2D eigenvalue weighted by atomic mass is 32.2. The number of amides is 4. The van der Waals surface area contributed by atoms with Crippen molar-refractivity contribution in [2.24, 2.45) is 28.1 Å². The summed E-state index contributed by atoms with van der Waals surface area (Å²) in [7, 11) is -3.82. The zero-order valence-electron chi connectivity index (χ0n) is 26.5. The van der Waals surface area contributed by atoms with Crippen molar-refractivity contribution in [2.45, 2.75) is 122 Å². The standard InChI is InChI=1S/C31H48N4O7S/c1-9-19-15-31(19,25(38)34-43(40,41)20-11-12-20)33-23(36)21-16-30(28(7,8)29(30)13-10-14-29)17-35(21)24(37)22(18(2)3)32-26(39)42-27(4,5)6/h9,18-22H,1,10-17H2,2-8H3,(H,32,39)(H,33,36)(H,34,38)/t19-,21+,22+,30-,31-/m1/s1. The van der Waals surface area contributed by atoms with E-state index in [0.717, 1.165) is 19.3 Å². The number of carbonyl (C=O) groups excluding carboxylic acids is 4. The van der Waals surface area contributed by atoms with Gasteiger partial charge in [-0.2, -0.15) is 0 Å². The maximum absolute atomic E-state index is 14.3. The predicted octanol–water partition coefficient (Wildman–Crippen LogP) is 3.00. The predicted molar refractivity (Wildman–Crippen MR) is 160 cm³/mol. The second kappa shape index (κ2) is 9.94. The monoisotopic (exact) mass is 620 g/mol. The topological polar surface area (TPSA) is 151 Å². The summed E-state index contributed by atoms with van der Waals surface area (Å²) in [5.74, 6) is -2.36. The first-order valence-electron chi connectivity index (χ1n) is 15.6. The van der Waals surface area contributed by atoms with Crippen molar-refractivity contribution in [3.8, 4) is 0 Å². The molecule has 0 radical (unpaired) electrons. The van der Waals surface area contributed by atoms with Crippen molar-refractivity contribution in [3.63, 3.8) is 0 Å². The Hall–Kier alpha value is -2.63. The van der Waals surface area contributed by atoms with E-state index in [1.165, 1.54) is 0 Å². The van der Waals surface area contributed by atoms with E-state index in [1.54, 1.807) is 31.7 Å². The van der Waals surface area contributed by atoms with Crippen LogP contribution in [-0.2, 0) is 29.1 Å². The number of rotatable bonds is 9. The molecule has 11 nitrogen and oxygen atoms in total. The number of hydrogen-bond acceptors (Lipinski definition) is 7. The first kappa shape index (κ1) is 31.8. The minimum Gasteiger partial charge on any atom is -0.444 e. The van der Waals surface area contributed by atoms with Crippen LogP contribution in [0, 0.1) is 28.1 Å². The molecule has 0 aromatic heterocycles. The number of sulfonamides is 1. The van der Waals surface area contributed by atoms with Gasteiger partial charge < -0.3 is 20.3 Å². The summed E-state index contributed by atoms with van der Waals surface area (Å²) in [5, 5.41) is 5.03. The van der Waals surface area contributed by atoms with Crippen LogP contribution in [0.2, 0.25) is 0 Å². The van der Waals surface area contributed by atoms with Gasteiger partial charge in [-0.05, 0) is 76.0 Å². The minimum atomic E-state index is -3.82. The Morgan fingerprint density at radius 3 is 2.12 bits per heavy atom. The van der Waals surface area contributed by atoms with Gasteiger partial charge in [-0.25, -0.2) is 13.2 Å². The SMILES string of the molecule is C=C[C@@H]1C[C@]1(NC(=O)[C@@H]1C[C@@]2(CN1C(=O)[C@@H](NC(=O)OC(C)(C)C)C(C)C)C(C)(C)C21CCC1)C(=O)NS(=O)(=O)C1CC1. The molecule has 1 aliphatic heterocycles. The van der Waals surface area contributed by atoms with Gasteiger partial charge >= 0.3 is 6.09 Å². The molecule has 0 aromatic carbocycles. The van der Waals surface area contributed by atoms with Gasteiger partial charge in [-0.15, -0.1) is 6.58 Å². The first-order chi connectivity index (χ1) is 19.8. The van der Waals surface area contributed by atoms with E-state index < -0.39 is 62.3 Å². The molecule has 0 unspecified atom stereocenters. The Bertz CT molecular complexity index is 1340. The summed E-state index contributed by atoms with van der Waals surface area (Å²) < 4.78 is 32.8. The van der Waals surface area contributed by atoms with Crippen LogP contribution in [0.4, 0.5) is 4.79 Å².